The Kier molecular flexibility index (Phi) is 31.2. The van der Waals surface area contributed by atoms with Gasteiger partial charge >= 0.3 is 0 Å². The van der Waals surface area contributed by atoms with Crippen LogP contribution in [0.5, 0.6) is 0 Å². The zero-order chi connectivity index (χ0) is 13.2. The summed E-state index contributed by atoms with van der Waals surface area (Å²) in [5.41, 5.74) is 0. The molecule has 1 nitrogen and oxygen atoms in total. The van der Waals surface area contributed by atoms with E-state index < -0.39 is 0 Å². The van der Waals surface area contributed by atoms with Gasteiger partial charge in [-0.2, -0.15) is 5.26 Å². The van der Waals surface area contributed by atoms with Gasteiger partial charge in [-0.3, -0.25) is 0 Å². The van der Waals surface area contributed by atoms with E-state index in [4.69, 9.17) is 5.26 Å². The van der Waals surface area contributed by atoms with Crippen LogP contribution < -0.4 is 0 Å². The Balaban J connectivity index is -0.000000172. The summed E-state index contributed by atoms with van der Waals surface area (Å²) in [4.78, 5) is 0. The van der Waals surface area contributed by atoms with Gasteiger partial charge in [0.15, 0.2) is 0 Å². The maximum absolute atomic E-state index is 7.32. The molecule has 0 aromatic heterocycles. The topological polar surface area (TPSA) is 23.8 Å². The molecule has 0 radical (unpaired) electrons. The van der Waals surface area contributed by atoms with Crippen molar-refractivity contribution in [2.45, 2.75) is 86.5 Å². The molecule has 0 rings (SSSR count). The Morgan fingerprint density at radius 1 is 0.875 bits per heavy atom. The Bertz CT molecular complexity index is 118. The molecule has 0 aliphatic heterocycles. The van der Waals surface area contributed by atoms with Gasteiger partial charge in [-0.15, -0.1) is 0 Å². The predicted octanol–water partition coefficient (Wildman–Crippen LogP) is 5.95. The fraction of sp³-hybridized carbons (Fsp3) is 0.933. The van der Waals surface area contributed by atoms with Gasteiger partial charge in [0.1, 0.15) is 0 Å². The van der Waals surface area contributed by atoms with E-state index in [9.17, 15) is 0 Å². The highest BCUT2D eigenvalue weighted by atomic mass is 14.2. The highest BCUT2D eigenvalue weighted by molar-refractivity contribution is 4.51. The normalized spacial score (nSPS) is 8.38. The first-order valence-corrected chi connectivity index (χ1v) is 6.91. The van der Waals surface area contributed by atoms with Crippen LogP contribution in [-0.4, -0.2) is 0 Å². The molecule has 0 amide bonds. The quantitative estimate of drug-likeness (QED) is 0.514. The van der Waals surface area contributed by atoms with Crippen molar-refractivity contribution in [3.63, 3.8) is 0 Å². The third-order valence-electron chi connectivity index (χ3n) is 2.09. The van der Waals surface area contributed by atoms with Crippen molar-refractivity contribution in [2.75, 3.05) is 0 Å². The van der Waals surface area contributed by atoms with Crippen LogP contribution >= 0.6 is 0 Å². The number of hydrogen-bond donors (Lipinski definition) is 0. The number of rotatable bonds is 6. The molecule has 0 unspecified atom stereocenters. The average molecular weight is 227 g/mol. The van der Waals surface area contributed by atoms with Crippen LogP contribution in [-0.2, 0) is 0 Å². The lowest BCUT2D eigenvalue weighted by Gasteiger charge is -1.98. The van der Waals surface area contributed by atoms with Crippen LogP contribution in [0.4, 0.5) is 0 Å². The summed E-state index contributed by atoms with van der Waals surface area (Å²) in [6.45, 7) is 12.7. The minimum atomic E-state index is 0.903. The second-order valence-electron chi connectivity index (χ2n) is 4.47. The second-order valence-corrected chi connectivity index (χ2v) is 4.47. The second kappa shape index (κ2) is 24.0. The fourth-order valence-corrected chi connectivity index (χ4v) is 1.11. The maximum Gasteiger partial charge on any atom is 0.0587 e. The molecule has 0 heterocycles. The third-order valence-corrected chi connectivity index (χ3v) is 2.09. The van der Waals surface area contributed by atoms with Crippen molar-refractivity contribution >= 4 is 0 Å². The molecule has 0 spiro atoms. The molecule has 0 fully saturated rings. The first kappa shape index (κ1) is 20.8. The first-order chi connectivity index (χ1) is 7.60. The molecule has 0 aliphatic rings. The molecular weight excluding hydrogens is 194 g/mol. The molecule has 0 aromatic carbocycles. The van der Waals surface area contributed by atoms with Gasteiger partial charge in [0.2, 0.25) is 0 Å². The SMILES string of the molecule is CC#N.CCCCC(C)C.CCCCCC. The first-order valence-electron chi connectivity index (χ1n) is 6.91. The van der Waals surface area contributed by atoms with Crippen LogP contribution in [0, 0.1) is 17.2 Å². The Morgan fingerprint density at radius 3 is 1.31 bits per heavy atom. The highest BCUT2D eigenvalue weighted by Gasteiger charge is 1.88. The summed E-state index contributed by atoms with van der Waals surface area (Å²) in [6, 6.07) is 1.75. The van der Waals surface area contributed by atoms with Crippen LogP contribution in [0.2, 0.25) is 0 Å². The van der Waals surface area contributed by atoms with Crippen molar-refractivity contribution < 1.29 is 0 Å². The Hall–Kier alpha value is -0.510. The Morgan fingerprint density at radius 2 is 1.19 bits per heavy atom. The summed E-state index contributed by atoms with van der Waals surface area (Å²) in [5.74, 6) is 0.903. The molecular formula is C15H33N. The molecule has 0 atom stereocenters. The number of unbranched alkanes of at least 4 members (excludes halogenated alkanes) is 4. The van der Waals surface area contributed by atoms with Gasteiger partial charge in [0.25, 0.3) is 0 Å². The molecule has 0 aliphatic carbocycles. The lowest BCUT2D eigenvalue weighted by atomic mass is 10.1. The fourth-order valence-electron chi connectivity index (χ4n) is 1.11. The molecule has 0 saturated carbocycles. The van der Waals surface area contributed by atoms with Crippen LogP contribution in [0.25, 0.3) is 0 Å². The van der Waals surface area contributed by atoms with Crippen LogP contribution in [0.15, 0.2) is 0 Å². The van der Waals surface area contributed by atoms with E-state index in [0.29, 0.717) is 0 Å². The van der Waals surface area contributed by atoms with Crippen molar-refractivity contribution in [3.05, 3.63) is 0 Å². The van der Waals surface area contributed by atoms with Crippen molar-refractivity contribution in [1.82, 2.24) is 0 Å². The number of hydrogen-bond acceptors (Lipinski definition) is 1. The largest absolute Gasteiger partial charge is 0.199 e. The van der Waals surface area contributed by atoms with Crippen LogP contribution in [0.3, 0.4) is 0 Å². The average Bonchev–Trinajstić information content (AvgIpc) is 2.25. The molecule has 0 N–H and O–H groups in total. The van der Waals surface area contributed by atoms with Gasteiger partial charge in [-0.1, -0.05) is 79.6 Å². The van der Waals surface area contributed by atoms with E-state index in [-0.39, 0.29) is 0 Å². The smallest absolute Gasteiger partial charge is 0.0587 e. The zero-order valence-corrected chi connectivity index (χ0v) is 12.5. The molecule has 0 bridgehead atoms. The molecule has 0 saturated heterocycles. The monoisotopic (exact) mass is 227 g/mol. The van der Waals surface area contributed by atoms with Crippen molar-refractivity contribution in [3.8, 4) is 6.07 Å². The third kappa shape index (κ3) is 50.0. The van der Waals surface area contributed by atoms with Crippen molar-refractivity contribution in [1.29, 1.82) is 5.26 Å². The summed E-state index contributed by atoms with van der Waals surface area (Å²) >= 11 is 0. The van der Waals surface area contributed by atoms with Gasteiger partial charge in [-0.25, -0.2) is 0 Å². The molecule has 16 heavy (non-hydrogen) atoms. The summed E-state index contributed by atoms with van der Waals surface area (Å²) in [6.07, 6.45) is 9.68. The van der Waals surface area contributed by atoms with Crippen molar-refractivity contribution in [2.24, 2.45) is 5.92 Å². The molecule has 0 aromatic rings. The summed E-state index contributed by atoms with van der Waals surface area (Å²) in [7, 11) is 0. The Labute approximate surface area is 104 Å². The lowest BCUT2D eigenvalue weighted by molar-refractivity contribution is 0.550. The maximum atomic E-state index is 7.32. The van der Waals surface area contributed by atoms with E-state index in [1.54, 1.807) is 6.07 Å². The molecule has 1 heteroatoms. The van der Waals surface area contributed by atoms with E-state index in [1.807, 2.05) is 0 Å². The van der Waals surface area contributed by atoms with Gasteiger partial charge in [0.05, 0.1) is 6.07 Å². The van der Waals surface area contributed by atoms with E-state index in [0.717, 1.165) is 5.92 Å². The summed E-state index contributed by atoms with van der Waals surface area (Å²) < 4.78 is 0. The standard InChI is InChI=1S/C7H16.C6H14.C2H3N/c1-4-5-6-7(2)3;1-3-5-6-4-2;1-2-3/h7H,4-6H2,1-3H3;3-6H2,1-2H3;1H3. The van der Waals surface area contributed by atoms with Gasteiger partial charge < -0.3 is 0 Å². The van der Waals surface area contributed by atoms with Gasteiger partial charge in [-0.05, 0) is 5.92 Å². The minimum absolute atomic E-state index is 0.903. The lowest BCUT2D eigenvalue weighted by Crippen LogP contribution is -1.83. The minimum Gasteiger partial charge on any atom is -0.199 e. The van der Waals surface area contributed by atoms with E-state index in [1.165, 1.54) is 51.9 Å². The zero-order valence-electron chi connectivity index (χ0n) is 12.5. The number of nitrogens with zero attached hydrogens (tertiary/aromatic N) is 1. The van der Waals surface area contributed by atoms with E-state index >= 15 is 0 Å². The predicted molar refractivity (Wildman–Crippen MR) is 75.5 cm³/mol. The van der Waals surface area contributed by atoms with Gasteiger partial charge in [0, 0.05) is 6.92 Å². The van der Waals surface area contributed by atoms with Crippen LogP contribution in [0.1, 0.15) is 86.5 Å². The van der Waals surface area contributed by atoms with E-state index in [2.05, 4.69) is 34.6 Å². The number of nitriles is 1. The highest BCUT2D eigenvalue weighted by Crippen LogP contribution is 2.04. The molecule has 98 valence electrons. The summed E-state index contributed by atoms with van der Waals surface area (Å²) in [5, 5.41) is 7.32.